The van der Waals surface area contributed by atoms with E-state index in [2.05, 4.69) is 0 Å². The van der Waals surface area contributed by atoms with Crippen molar-refractivity contribution in [3.63, 3.8) is 0 Å². The number of unbranched alkanes of at least 4 members (excludes halogenated alkanes) is 2. The minimum atomic E-state index is -4.83. The summed E-state index contributed by atoms with van der Waals surface area (Å²) < 4.78 is 71.1. The molecule has 2 N–H and O–H groups in total. The molecule has 0 heterocycles. The number of ether oxygens (including phenoxy) is 2. The molecule has 0 fully saturated rings. The van der Waals surface area contributed by atoms with E-state index in [-0.39, 0.29) is 128 Å². The van der Waals surface area contributed by atoms with E-state index < -0.39 is 67.5 Å². The number of carboxylic acid groups (broad SMARTS) is 2. The van der Waals surface area contributed by atoms with Crippen molar-refractivity contribution < 1.29 is 168 Å². The molecule has 14 nitrogen and oxygen atoms in total. The summed E-state index contributed by atoms with van der Waals surface area (Å²) in [7, 11) is -9.65. The Morgan fingerprint density at radius 2 is 0.929 bits per heavy atom. The van der Waals surface area contributed by atoms with Crippen molar-refractivity contribution in [1.29, 1.82) is 0 Å². The number of aliphatic carboxylic acids is 2. The van der Waals surface area contributed by atoms with Gasteiger partial charge in [0.05, 0.1) is 13.2 Å². The van der Waals surface area contributed by atoms with Gasteiger partial charge in [-0.15, -0.1) is 0 Å². The summed E-state index contributed by atoms with van der Waals surface area (Å²) in [5.74, 6) is -5.84. The SMILES string of the molecule is CCCCC(CC)COC(=O)C(CC(=O)[O-])S(=O)(=O)O.CCCCC(CC)COC(=O)C(CC(=O)[O-])S(=O)(=O)O.[K+].[K+]. The van der Waals surface area contributed by atoms with Crippen LogP contribution in [0.15, 0.2) is 0 Å². The zero-order valence-corrected chi connectivity index (χ0v) is 33.3. The van der Waals surface area contributed by atoms with Gasteiger partial charge in [0, 0.05) is 24.8 Å². The first-order valence-electron chi connectivity index (χ1n) is 13.1. The first-order valence-corrected chi connectivity index (χ1v) is 16.1. The Kier molecular flexibility index (Phi) is 32.2. The van der Waals surface area contributed by atoms with E-state index >= 15 is 0 Å². The Hall–Kier alpha value is 0.973. The standard InChI is InChI=1S/2C12H22O7S.2K/c2*1-3-5-6-9(4-2)8-19-12(15)10(7-11(13)14)20(16,17)18;;/h2*9-10H,3-8H2,1-2H3,(H,13,14)(H,16,17,18);;/q;;2*+1/p-2. The Labute approximate surface area is 334 Å². The van der Waals surface area contributed by atoms with Crippen LogP contribution in [-0.2, 0) is 48.9 Å². The van der Waals surface area contributed by atoms with Crippen molar-refractivity contribution in [2.45, 2.75) is 102 Å². The van der Waals surface area contributed by atoms with Crippen LogP contribution in [0, 0.1) is 11.8 Å². The van der Waals surface area contributed by atoms with Crippen LogP contribution in [0.1, 0.15) is 91.9 Å². The molecule has 0 bridgehead atoms. The summed E-state index contributed by atoms with van der Waals surface area (Å²) in [6, 6.07) is 0. The fourth-order valence-corrected chi connectivity index (χ4v) is 4.62. The van der Waals surface area contributed by atoms with E-state index in [0.29, 0.717) is 0 Å². The molecule has 0 radical (unpaired) electrons. The maximum absolute atomic E-state index is 11.6. The Bertz CT molecular complexity index is 923. The average Bonchev–Trinajstić information content (AvgIpc) is 2.84. The van der Waals surface area contributed by atoms with Gasteiger partial charge in [0.1, 0.15) is 0 Å². The fourth-order valence-electron chi connectivity index (χ4n) is 3.31. The fraction of sp³-hybridized carbons (Fsp3) is 0.833. The topological polar surface area (TPSA) is 242 Å². The minimum Gasteiger partial charge on any atom is -0.550 e. The van der Waals surface area contributed by atoms with E-state index in [1.54, 1.807) is 0 Å². The second-order valence-corrected chi connectivity index (χ2v) is 12.5. The maximum atomic E-state index is 11.6. The first kappa shape index (κ1) is 49.8. The molecule has 0 amide bonds. The molecule has 42 heavy (non-hydrogen) atoms. The van der Waals surface area contributed by atoms with Gasteiger partial charge in [0.25, 0.3) is 20.2 Å². The number of esters is 2. The molecule has 0 aromatic heterocycles. The number of hydrogen-bond acceptors (Lipinski definition) is 12. The van der Waals surface area contributed by atoms with E-state index in [1.165, 1.54) is 0 Å². The normalized spacial score (nSPS) is 13.9. The molecule has 0 rings (SSSR count). The van der Waals surface area contributed by atoms with Gasteiger partial charge < -0.3 is 29.3 Å². The van der Waals surface area contributed by atoms with E-state index in [1.807, 2.05) is 27.7 Å². The molecule has 236 valence electrons. The summed E-state index contributed by atoms with van der Waals surface area (Å²) in [6.45, 7) is 7.88. The monoisotopic (exact) mass is 696 g/mol. The summed E-state index contributed by atoms with van der Waals surface area (Å²) in [6.07, 6.45) is 4.81. The van der Waals surface area contributed by atoms with Crippen molar-refractivity contribution >= 4 is 44.1 Å². The van der Waals surface area contributed by atoms with Crippen molar-refractivity contribution in [2.24, 2.45) is 11.8 Å². The van der Waals surface area contributed by atoms with Crippen molar-refractivity contribution in [3.8, 4) is 0 Å². The third-order valence-corrected chi connectivity index (χ3v) is 8.11. The second kappa shape index (κ2) is 27.1. The largest absolute Gasteiger partial charge is 1.00 e. The molecular weight excluding hydrogens is 655 g/mol. The molecule has 4 atom stereocenters. The van der Waals surface area contributed by atoms with Gasteiger partial charge in [-0.25, -0.2) is 0 Å². The number of rotatable bonds is 20. The van der Waals surface area contributed by atoms with Gasteiger partial charge in [-0.1, -0.05) is 66.2 Å². The maximum Gasteiger partial charge on any atom is 1.00 e. The van der Waals surface area contributed by atoms with Crippen molar-refractivity contribution in [2.75, 3.05) is 13.2 Å². The van der Waals surface area contributed by atoms with Crippen LogP contribution in [-0.4, -0.2) is 73.5 Å². The summed E-state index contributed by atoms with van der Waals surface area (Å²) >= 11 is 0. The third kappa shape index (κ3) is 25.2. The molecule has 18 heteroatoms. The molecule has 0 aliphatic heterocycles. The van der Waals surface area contributed by atoms with Gasteiger partial charge >= 0.3 is 115 Å². The van der Waals surface area contributed by atoms with E-state index in [0.717, 1.165) is 51.4 Å². The number of carbonyl (C=O) groups is 4. The molecule has 0 aromatic carbocycles. The minimum absolute atomic E-state index is 0. The van der Waals surface area contributed by atoms with Gasteiger partial charge in [0.15, 0.2) is 10.5 Å². The molecule has 0 aliphatic carbocycles. The van der Waals surface area contributed by atoms with Gasteiger partial charge in [-0.3, -0.25) is 18.7 Å². The number of carbonyl (C=O) groups excluding carboxylic acids is 4. The molecule has 0 spiro atoms. The summed E-state index contributed by atoms with van der Waals surface area (Å²) in [5, 5.41) is 16.5. The Balaban J connectivity index is -0.000000328. The van der Waals surface area contributed by atoms with E-state index in [9.17, 15) is 46.2 Å². The second-order valence-electron chi connectivity index (χ2n) is 9.25. The Morgan fingerprint density at radius 3 is 1.12 bits per heavy atom. The molecule has 0 saturated heterocycles. The zero-order valence-electron chi connectivity index (χ0n) is 25.4. The smallest absolute Gasteiger partial charge is 0.550 e. The van der Waals surface area contributed by atoms with Crippen LogP contribution < -0.4 is 113 Å². The van der Waals surface area contributed by atoms with Crippen LogP contribution in [0.25, 0.3) is 0 Å². The van der Waals surface area contributed by atoms with E-state index in [4.69, 9.17) is 18.6 Å². The molecule has 0 saturated carbocycles. The van der Waals surface area contributed by atoms with Gasteiger partial charge in [-0.2, -0.15) is 16.8 Å². The molecule has 0 aromatic rings. The predicted octanol–water partition coefficient (Wildman–Crippen LogP) is -5.71. The number of hydrogen-bond donors (Lipinski definition) is 2. The summed E-state index contributed by atoms with van der Waals surface area (Å²) in [4.78, 5) is 43.9. The van der Waals surface area contributed by atoms with Crippen molar-refractivity contribution in [1.82, 2.24) is 0 Å². The molecular formula is C24H42K2O14S2. The number of carboxylic acids is 2. The molecule has 4 unspecified atom stereocenters. The van der Waals surface area contributed by atoms with Crippen LogP contribution in [0.4, 0.5) is 0 Å². The predicted molar refractivity (Wildman–Crippen MR) is 138 cm³/mol. The van der Waals surface area contributed by atoms with Crippen molar-refractivity contribution in [3.05, 3.63) is 0 Å². The first-order chi connectivity index (χ1) is 18.4. The quantitative estimate of drug-likeness (QED) is 0.0685. The third-order valence-electron chi connectivity index (χ3n) is 5.96. The summed E-state index contributed by atoms with van der Waals surface area (Å²) in [5.41, 5.74) is 0. The molecule has 0 aliphatic rings. The Morgan fingerprint density at radius 1 is 0.643 bits per heavy atom. The van der Waals surface area contributed by atoms with Gasteiger partial charge in [0.2, 0.25) is 0 Å². The van der Waals surface area contributed by atoms with Crippen LogP contribution in [0.3, 0.4) is 0 Å². The van der Waals surface area contributed by atoms with Crippen LogP contribution in [0.2, 0.25) is 0 Å². The average molecular weight is 697 g/mol. The zero-order chi connectivity index (χ0) is 31.5. The van der Waals surface area contributed by atoms with Gasteiger partial charge in [-0.05, 0) is 24.7 Å². The van der Waals surface area contributed by atoms with Crippen LogP contribution >= 0.6 is 0 Å². The van der Waals surface area contributed by atoms with Crippen LogP contribution in [0.5, 0.6) is 0 Å².